The lowest BCUT2D eigenvalue weighted by molar-refractivity contribution is -0.119. The zero-order valence-electron chi connectivity index (χ0n) is 17.7. The number of aryl methyl sites for hydroxylation is 1. The second-order valence-corrected chi connectivity index (χ2v) is 9.20. The van der Waals surface area contributed by atoms with E-state index in [-0.39, 0.29) is 17.8 Å². The Balaban J connectivity index is 0.000000232. The number of halogens is 1. The lowest BCUT2D eigenvalue weighted by Gasteiger charge is -2.22. The number of rotatable bonds is 6. The quantitative estimate of drug-likeness (QED) is 0.711. The fourth-order valence-corrected chi connectivity index (χ4v) is 4.55. The van der Waals surface area contributed by atoms with Gasteiger partial charge in [0.05, 0.1) is 4.90 Å². The van der Waals surface area contributed by atoms with E-state index in [9.17, 15) is 17.6 Å². The van der Waals surface area contributed by atoms with Crippen molar-refractivity contribution in [1.29, 1.82) is 0 Å². The van der Waals surface area contributed by atoms with Crippen molar-refractivity contribution < 1.29 is 17.6 Å². The van der Waals surface area contributed by atoms with Crippen LogP contribution in [-0.4, -0.2) is 20.4 Å². The first kappa shape index (κ1) is 24.0. The molecule has 0 spiro atoms. The van der Waals surface area contributed by atoms with E-state index >= 15 is 0 Å². The molecule has 0 atom stereocenters. The molecule has 1 saturated carbocycles. The van der Waals surface area contributed by atoms with Crippen molar-refractivity contribution in [3.63, 3.8) is 0 Å². The molecule has 1 fully saturated rings. The van der Waals surface area contributed by atoms with Crippen molar-refractivity contribution >= 4 is 15.9 Å². The maximum atomic E-state index is 12.4. The van der Waals surface area contributed by atoms with Gasteiger partial charge >= 0.3 is 0 Å². The average Bonchev–Trinajstić information content (AvgIpc) is 2.74. The molecule has 2 aromatic carbocycles. The molecule has 5 nitrogen and oxygen atoms in total. The highest BCUT2D eigenvalue weighted by Crippen LogP contribution is 2.20. The minimum atomic E-state index is -3.33. The standard InChI is InChI=1S/C14H21NO2S.C9H10FNO/c1-2-12-8-10-14(11-9-12)18(16,17)15-13-6-4-3-5-7-13;1-7(12)11-6-8-2-4-9(10)5-3-8/h8-11,13,15H,2-7H2,1H3;2-5H,6H2,1H3,(H,11,12). The summed E-state index contributed by atoms with van der Waals surface area (Å²) in [7, 11) is -3.33. The molecule has 7 heteroatoms. The van der Waals surface area contributed by atoms with E-state index < -0.39 is 10.0 Å². The van der Waals surface area contributed by atoms with Crippen LogP contribution in [0.2, 0.25) is 0 Å². The molecule has 30 heavy (non-hydrogen) atoms. The van der Waals surface area contributed by atoms with Crippen LogP contribution in [0.3, 0.4) is 0 Å². The van der Waals surface area contributed by atoms with Crippen LogP contribution >= 0.6 is 0 Å². The number of hydrogen-bond donors (Lipinski definition) is 2. The van der Waals surface area contributed by atoms with Crippen LogP contribution in [0.25, 0.3) is 0 Å². The van der Waals surface area contributed by atoms with Crippen molar-refractivity contribution in [3.8, 4) is 0 Å². The summed E-state index contributed by atoms with van der Waals surface area (Å²) in [6.45, 7) is 3.96. The molecule has 2 aromatic rings. The van der Waals surface area contributed by atoms with Gasteiger partial charge in [-0.05, 0) is 54.7 Å². The average molecular weight is 435 g/mol. The number of carbonyl (C=O) groups excluding carboxylic acids is 1. The zero-order valence-corrected chi connectivity index (χ0v) is 18.5. The maximum Gasteiger partial charge on any atom is 0.240 e. The van der Waals surface area contributed by atoms with Gasteiger partial charge in [0.25, 0.3) is 0 Å². The summed E-state index contributed by atoms with van der Waals surface area (Å²) in [5.74, 6) is -0.346. The van der Waals surface area contributed by atoms with Gasteiger partial charge in [0, 0.05) is 19.5 Å². The van der Waals surface area contributed by atoms with Gasteiger partial charge in [-0.3, -0.25) is 4.79 Å². The fraction of sp³-hybridized carbons (Fsp3) is 0.435. The fourth-order valence-electron chi connectivity index (χ4n) is 3.24. The summed E-state index contributed by atoms with van der Waals surface area (Å²) in [6, 6.07) is 13.3. The van der Waals surface area contributed by atoms with E-state index in [2.05, 4.69) is 17.0 Å². The highest BCUT2D eigenvalue weighted by Gasteiger charge is 2.21. The van der Waals surface area contributed by atoms with Crippen molar-refractivity contribution in [2.45, 2.75) is 69.9 Å². The molecule has 0 aromatic heterocycles. The maximum absolute atomic E-state index is 12.4. The molecule has 164 valence electrons. The SMILES string of the molecule is CC(=O)NCc1ccc(F)cc1.CCc1ccc(S(=O)(=O)NC2CCCCC2)cc1. The van der Waals surface area contributed by atoms with Crippen molar-refractivity contribution in [1.82, 2.24) is 10.0 Å². The molecule has 1 amide bonds. The van der Waals surface area contributed by atoms with Crippen molar-refractivity contribution in [2.24, 2.45) is 0 Å². The Morgan fingerprint density at radius 3 is 2.07 bits per heavy atom. The summed E-state index contributed by atoms with van der Waals surface area (Å²) in [5, 5.41) is 2.62. The summed E-state index contributed by atoms with van der Waals surface area (Å²) < 4.78 is 39.6. The minimum absolute atomic E-state index is 0.0840. The first-order valence-electron chi connectivity index (χ1n) is 10.4. The largest absolute Gasteiger partial charge is 0.352 e. The van der Waals surface area contributed by atoms with Crippen LogP contribution < -0.4 is 10.0 Å². The number of nitrogens with one attached hydrogen (secondary N) is 2. The third-order valence-corrected chi connectivity index (χ3v) is 6.56. The van der Waals surface area contributed by atoms with E-state index in [1.165, 1.54) is 25.5 Å². The Hall–Kier alpha value is -2.25. The second-order valence-electron chi connectivity index (χ2n) is 7.49. The normalized spacial score (nSPS) is 14.5. The van der Waals surface area contributed by atoms with Gasteiger partial charge in [-0.25, -0.2) is 17.5 Å². The van der Waals surface area contributed by atoms with Crippen molar-refractivity contribution in [3.05, 3.63) is 65.5 Å². The van der Waals surface area contributed by atoms with E-state index in [1.54, 1.807) is 24.3 Å². The van der Waals surface area contributed by atoms with Gasteiger partial charge < -0.3 is 5.32 Å². The number of amides is 1. The van der Waals surface area contributed by atoms with Gasteiger partial charge in [-0.1, -0.05) is 50.5 Å². The summed E-state index contributed by atoms with van der Waals surface area (Å²) in [6.07, 6.45) is 6.34. The van der Waals surface area contributed by atoms with Gasteiger partial charge in [-0.15, -0.1) is 0 Å². The molecule has 0 heterocycles. The van der Waals surface area contributed by atoms with Gasteiger partial charge in [0.15, 0.2) is 0 Å². The number of benzene rings is 2. The molecule has 1 aliphatic rings. The first-order valence-corrected chi connectivity index (χ1v) is 11.9. The molecule has 0 unspecified atom stereocenters. The third-order valence-electron chi connectivity index (χ3n) is 5.02. The first-order chi connectivity index (χ1) is 14.3. The molecule has 1 aliphatic carbocycles. The molecule has 0 bridgehead atoms. The lowest BCUT2D eigenvalue weighted by Crippen LogP contribution is -2.36. The van der Waals surface area contributed by atoms with Crippen LogP contribution in [0.1, 0.15) is 57.1 Å². The lowest BCUT2D eigenvalue weighted by atomic mass is 9.96. The predicted octanol–water partition coefficient (Wildman–Crippen LogP) is 4.32. The van der Waals surface area contributed by atoms with Crippen LogP contribution in [0, 0.1) is 5.82 Å². The second kappa shape index (κ2) is 11.8. The highest BCUT2D eigenvalue weighted by molar-refractivity contribution is 7.89. The molecular weight excluding hydrogens is 403 g/mol. The molecule has 0 aliphatic heterocycles. The Morgan fingerprint density at radius 1 is 0.967 bits per heavy atom. The van der Waals surface area contributed by atoms with Crippen molar-refractivity contribution in [2.75, 3.05) is 0 Å². The summed E-state index contributed by atoms with van der Waals surface area (Å²) in [4.78, 5) is 10.9. The summed E-state index contributed by atoms with van der Waals surface area (Å²) >= 11 is 0. The van der Waals surface area contributed by atoms with Crippen LogP contribution in [0.15, 0.2) is 53.4 Å². The predicted molar refractivity (Wildman–Crippen MR) is 117 cm³/mol. The van der Waals surface area contributed by atoms with E-state index in [1.807, 2.05) is 12.1 Å². The van der Waals surface area contributed by atoms with Crippen LogP contribution in [0.4, 0.5) is 4.39 Å². The number of carbonyl (C=O) groups is 1. The van der Waals surface area contributed by atoms with Crippen LogP contribution in [-0.2, 0) is 27.8 Å². The molecule has 0 radical (unpaired) electrons. The minimum Gasteiger partial charge on any atom is -0.352 e. The van der Waals surface area contributed by atoms with E-state index in [0.29, 0.717) is 11.4 Å². The van der Waals surface area contributed by atoms with E-state index in [4.69, 9.17) is 0 Å². The van der Waals surface area contributed by atoms with Gasteiger partial charge in [-0.2, -0.15) is 0 Å². The molecular formula is C23H31FN2O3S. The molecule has 3 rings (SSSR count). The smallest absolute Gasteiger partial charge is 0.240 e. The Morgan fingerprint density at radius 2 is 1.53 bits per heavy atom. The number of sulfonamides is 1. The Kier molecular flexibility index (Phi) is 9.46. The van der Waals surface area contributed by atoms with Gasteiger partial charge in [0.2, 0.25) is 15.9 Å². The Labute approximate surface area is 179 Å². The topological polar surface area (TPSA) is 75.3 Å². The molecule has 0 saturated heterocycles. The number of hydrogen-bond acceptors (Lipinski definition) is 3. The van der Waals surface area contributed by atoms with Gasteiger partial charge in [0.1, 0.15) is 5.82 Å². The zero-order chi connectivity index (χ0) is 22.0. The monoisotopic (exact) mass is 434 g/mol. The Bertz CT molecular complexity index is 891. The van der Waals surface area contributed by atoms with E-state index in [0.717, 1.165) is 43.2 Å². The third kappa shape index (κ3) is 8.24. The highest BCUT2D eigenvalue weighted by atomic mass is 32.2. The summed E-state index contributed by atoms with van der Waals surface area (Å²) in [5.41, 5.74) is 2.05. The van der Waals surface area contributed by atoms with Crippen LogP contribution in [0.5, 0.6) is 0 Å². The molecule has 2 N–H and O–H groups in total.